The zero-order valence-electron chi connectivity index (χ0n) is 12.5. The summed E-state index contributed by atoms with van der Waals surface area (Å²) in [5, 5.41) is 9.41. The molecule has 3 nitrogen and oxygen atoms in total. The van der Waals surface area contributed by atoms with Crippen LogP contribution < -0.4 is 4.74 Å². The van der Waals surface area contributed by atoms with Crippen molar-refractivity contribution >= 4 is 5.97 Å². The number of aliphatic carboxylic acids is 1. The second-order valence-corrected chi connectivity index (χ2v) is 5.17. The molecule has 1 unspecified atom stereocenters. The van der Waals surface area contributed by atoms with E-state index in [1.54, 1.807) is 18.2 Å². The van der Waals surface area contributed by atoms with Crippen molar-refractivity contribution in [3.05, 3.63) is 65.5 Å². The average Bonchev–Trinajstić information content (AvgIpc) is 2.50. The Morgan fingerprint density at radius 2 is 1.86 bits per heavy atom. The minimum absolute atomic E-state index is 0.199. The van der Waals surface area contributed by atoms with Crippen molar-refractivity contribution < 1.29 is 19.0 Å². The van der Waals surface area contributed by atoms with Crippen LogP contribution in [0.1, 0.15) is 29.9 Å². The van der Waals surface area contributed by atoms with Gasteiger partial charge in [0, 0.05) is 0 Å². The number of aryl methyl sites for hydroxylation is 1. The lowest BCUT2D eigenvalue weighted by atomic mass is 9.91. The van der Waals surface area contributed by atoms with Crippen molar-refractivity contribution in [2.75, 3.05) is 6.61 Å². The topological polar surface area (TPSA) is 46.5 Å². The maximum Gasteiger partial charge on any atom is 0.310 e. The summed E-state index contributed by atoms with van der Waals surface area (Å²) in [6.45, 7) is 2.19. The first-order chi connectivity index (χ1) is 10.6. The Morgan fingerprint density at radius 1 is 1.18 bits per heavy atom. The molecular formula is C18H19FO3. The summed E-state index contributed by atoms with van der Waals surface area (Å²) in [7, 11) is 0. The lowest BCUT2D eigenvalue weighted by molar-refractivity contribution is -0.139. The fourth-order valence-electron chi connectivity index (χ4n) is 2.42. The maximum atomic E-state index is 13.4. The predicted octanol–water partition coefficient (Wildman–Crippen LogP) is 4.16. The molecule has 0 radical (unpaired) electrons. The summed E-state index contributed by atoms with van der Waals surface area (Å²) in [6.07, 6.45) is 0.994. The van der Waals surface area contributed by atoms with Gasteiger partial charge in [0.25, 0.3) is 0 Å². The van der Waals surface area contributed by atoms with Gasteiger partial charge in [0.1, 0.15) is 0 Å². The van der Waals surface area contributed by atoms with Crippen LogP contribution in [0.15, 0.2) is 48.5 Å². The number of benzene rings is 2. The van der Waals surface area contributed by atoms with Gasteiger partial charge in [0.2, 0.25) is 0 Å². The van der Waals surface area contributed by atoms with Crippen LogP contribution in [-0.2, 0) is 4.79 Å². The van der Waals surface area contributed by atoms with Gasteiger partial charge in [0.05, 0.1) is 12.5 Å². The van der Waals surface area contributed by atoms with Gasteiger partial charge in [-0.25, -0.2) is 4.39 Å². The van der Waals surface area contributed by atoms with Gasteiger partial charge in [0.15, 0.2) is 11.6 Å². The minimum Gasteiger partial charge on any atom is -0.491 e. The number of hydrogen-bond donors (Lipinski definition) is 1. The molecular weight excluding hydrogens is 283 g/mol. The highest BCUT2D eigenvalue weighted by molar-refractivity contribution is 5.76. The van der Waals surface area contributed by atoms with Gasteiger partial charge in [-0.3, -0.25) is 4.79 Å². The normalized spacial score (nSPS) is 11.9. The van der Waals surface area contributed by atoms with Crippen molar-refractivity contribution in [2.24, 2.45) is 0 Å². The minimum atomic E-state index is -0.847. The standard InChI is InChI=1S/C18H19FO3/c1-13-7-2-3-8-14(13)15(18(20)21)9-6-12-22-17-11-5-4-10-16(17)19/h2-5,7-8,10-11,15H,6,9,12H2,1H3,(H,20,21). The van der Waals surface area contributed by atoms with E-state index >= 15 is 0 Å². The quantitative estimate of drug-likeness (QED) is 0.781. The fraction of sp³-hybridized carbons (Fsp3) is 0.278. The van der Waals surface area contributed by atoms with E-state index in [2.05, 4.69) is 0 Å². The van der Waals surface area contributed by atoms with Crippen LogP contribution >= 0.6 is 0 Å². The van der Waals surface area contributed by atoms with Gasteiger partial charge in [-0.2, -0.15) is 0 Å². The summed E-state index contributed by atoms with van der Waals surface area (Å²) in [5.41, 5.74) is 1.78. The van der Waals surface area contributed by atoms with Crippen molar-refractivity contribution in [2.45, 2.75) is 25.7 Å². The lowest BCUT2D eigenvalue weighted by Gasteiger charge is -2.15. The van der Waals surface area contributed by atoms with Crippen molar-refractivity contribution in [1.29, 1.82) is 0 Å². The maximum absolute atomic E-state index is 13.4. The molecule has 0 saturated carbocycles. The molecule has 0 heterocycles. The van der Waals surface area contributed by atoms with E-state index in [4.69, 9.17) is 4.74 Å². The highest BCUT2D eigenvalue weighted by Crippen LogP contribution is 2.25. The van der Waals surface area contributed by atoms with Gasteiger partial charge >= 0.3 is 5.97 Å². The molecule has 0 aliphatic carbocycles. The molecule has 2 aromatic carbocycles. The van der Waals surface area contributed by atoms with Gasteiger partial charge in [-0.05, 0) is 43.0 Å². The highest BCUT2D eigenvalue weighted by atomic mass is 19.1. The van der Waals surface area contributed by atoms with E-state index in [1.165, 1.54) is 6.07 Å². The van der Waals surface area contributed by atoms with E-state index in [1.807, 2.05) is 31.2 Å². The number of rotatable bonds is 7. The Kier molecular flexibility index (Phi) is 5.53. The summed E-state index contributed by atoms with van der Waals surface area (Å²) in [6, 6.07) is 13.7. The van der Waals surface area contributed by atoms with Gasteiger partial charge < -0.3 is 9.84 Å². The Labute approximate surface area is 129 Å². The van der Waals surface area contributed by atoms with Crippen LogP contribution in [0.5, 0.6) is 5.75 Å². The Balaban J connectivity index is 1.92. The van der Waals surface area contributed by atoms with Crippen LogP contribution in [-0.4, -0.2) is 17.7 Å². The highest BCUT2D eigenvalue weighted by Gasteiger charge is 2.20. The summed E-state index contributed by atoms with van der Waals surface area (Å²) >= 11 is 0. The molecule has 0 amide bonds. The van der Waals surface area contributed by atoms with Crippen LogP contribution in [0.4, 0.5) is 4.39 Å². The summed E-state index contributed by atoms with van der Waals surface area (Å²) < 4.78 is 18.8. The molecule has 0 aliphatic heterocycles. The van der Waals surface area contributed by atoms with Crippen molar-refractivity contribution in [3.8, 4) is 5.75 Å². The molecule has 0 spiro atoms. The molecule has 0 fully saturated rings. The SMILES string of the molecule is Cc1ccccc1C(CCCOc1ccccc1F)C(=O)O. The second-order valence-electron chi connectivity index (χ2n) is 5.17. The number of ether oxygens (including phenoxy) is 1. The monoisotopic (exact) mass is 302 g/mol. The van der Waals surface area contributed by atoms with Crippen molar-refractivity contribution in [3.63, 3.8) is 0 Å². The molecule has 4 heteroatoms. The third kappa shape index (κ3) is 4.07. The van der Waals surface area contributed by atoms with Crippen LogP contribution in [0, 0.1) is 12.7 Å². The second kappa shape index (κ2) is 7.59. The van der Waals surface area contributed by atoms with Gasteiger partial charge in [-0.1, -0.05) is 36.4 Å². The van der Waals surface area contributed by atoms with Crippen molar-refractivity contribution in [1.82, 2.24) is 0 Å². The first-order valence-corrected chi connectivity index (χ1v) is 7.25. The summed E-state index contributed by atoms with van der Waals surface area (Å²) in [4.78, 5) is 11.5. The molecule has 22 heavy (non-hydrogen) atoms. The Hall–Kier alpha value is -2.36. The predicted molar refractivity (Wildman–Crippen MR) is 82.7 cm³/mol. The van der Waals surface area contributed by atoms with E-state index < -0.39 is 17.7 Å². The molecule has 1 atom stereocenters. The van der Waals surface area contributed by atoms with Crippen LogP contribution in [0.25, 0.3) is 0 Å². The average molecular weight is 302 g/mol. The number of carbonyl (C=O) groups is 1. The first kappa shape index (κ1) is 16.0. The first-order valence-electron chi connectivity index (χ1n) is 7.25. The Bertz CT molecular complexity index is 640. The van der Waals surface area contributed by atoms with E-state index in [9.17, 15) is 14.3 Å². The molecule has 2 rings (SSSR count). The van der Waals surface area contributed by atoms with Crippen LogP contribution in [0.2, 0.25) is 0 Å². The molecule has 2 aromatic rings. The smallest absolute Gasteiger partial charge is 0.310 e. The van der Waals surface area contributed by atoms with Crippen LogP contribution in [0.3, 0.4) is 0 Å². The number of hydrogen-bond acceptors (Lipinski definition) is 2. The number of halogens is 1. The molecule has 116 valence electrons. The van der Waals surface area contributed by atoms with Gasteiger partial charge in [-0.15, -0.1) is 0 Å². The van der Waals surface area contributed by atoms with E-state index in [0.717, 1.165) is 11.1 Å². The fourth-order valence-corrected chi connectivity index (χ4v) is 2.42. The van der Waals surface area contributed by atoms with E-state index in [0.29, 0.717) is 12.8 Å². The molecule has 1 N–H and O–H groups in total. The molecule has 0 bridgehead atoms. The largest absolute Gasteiger partial charge is 0.491 e. The lowest BCUT2D eigenvalue weighted by Crippen LogP contribution is -2.14. The zero-order chi connectivity index (χ0) is 15.9. The number of para-hydroxylation sites is 1. The zero-order valence-corrected chi connectivity index (χ0v) is 12.5. The Morgan fingerprint density at radius 3 is 2.55 bits per heavy atom. The summed E-state index contributed by atoms with van der Waals surface area (Å²) in [5.74, 6) is -1.62. The molecule has 0 aromatic heterocycles. The molecule has 0 saturated heterocycles. The van der Waals surface area contributed by atoms with E-state index in [-0.39, 0.29) is 12.4 Å². The number of carboxylic acid groups (broad SMARTS) is 1. The number of carboxylic acids is 1. The third-order valence-corrected chi connectivity index (χ3v) is 3.59. The third-order valence-electron chi connectivity index (χ3n) is 3.59. The molecule has 0 aliphatic rings.